The minimum Gasteiger partial charge on any atom is -0.507 e. The number of ether oxygens (including phenoxy) is 2. The molecule has 0 radical (unpaired) electrons. The maximum absolute atomic E-state index is 13.0. The lowest BCUT2D eigenvalue weighted by Gasteiger charge is -2.10. The number of fused-ring (bicyclic) bond motifs is 1. The van der Waals surface area contributed by atoms with Crippen LogP contribution in [0, 0.1) is 0 Å². The van der Waals surface area contributed by atoms with Crippen LogP contribution in [0.1, 0.15) is 21.5 Å². The van der Waals surface area contributed by atoms with E-state index < -0.39 is 15.8 Å². The topological polar surface area (TPSA) is 103 Å². The second-order valence-corrected chi connectivity index (χ2v) is 9.38. The van der Waals surface area contributed by atoms with Crippen molar-refractivity contribution in [1.29, 1.82) is 0 Å². The maximum Gasteiger partial charge on any atom is 0.341 e. The van der Waals surface area contributed by atoms with Crippen molar-refractivity contribution in [2.24, 2.45) is 0 Å². The molecule has 0 spiro atoms. The van der Waals surface area contributed by atoms with Gasteiger partial charge in [-0.2, -0.15) is 0 Å². The van der Waals surface area contributed by atoms with Gasteiger partial charge in [-0.15, -0.1) is 0 Å². The monoisotopic (exact) mass is 459 g/mol. The summed E-state index contributed by atoms with van der Waals surface area (Å²) in [4.78, 5) is 15.7. The molecular weight excluding hydrogens is 442 g/mol. The molecule has 0 unspecified atom stereocenters. The van der Waals surface area contributed by atoms with Gasteiger partial charge in [0.05, 0.1) is 24.4 Å². The molecule has 2 aromatic carbocycles. The Balaban J connectivity index is 1.65. The van der Waals surface area contributed by atoms with Crippen molar-refractivity contribution < 1.29 is 27.8 Å². The third-order valence-corrected chi connectivity index (χ3v) is 6.95. The third-order valence-electron chi connectivity index (χ3n) is 5.00. The summed E-state index contributed by atoms with van der Waals surface area (Å²) >= 11 is 6.26. The standard InChI is InChI=1S/C22H18ClNO6S/c1-29-22(26)17-4-2-13(8-19(17)25)12-31(27,28)16-10-18(21(23)24-11-16)14-3-5-20-15(9-14)6-7-30-20/h2-5,8-11,25H,6-7,12H2,1H3. The number of hydrogen-bond acceptors (Lipinski definition) is 7. The van der Waals surface area contributed by atoms with Gasteiger partial charge in [-0.25, -0.2) is 18.2 Å². The second-order valence-electron chi connectivity index (χ2n) is 7.03. The van der Waals surface area contributed by atoms with Crippen molar-refractivity contribution in [2.45, 2.75) is 17.1 Å². The maximum atomic E-state index is 13.0. The van der Waals surface area contributed by atoms with Gasteiger partial charge in [-0.3, -0.25) is 0 Å². The van der Waals surface area contributed by atoms with Crippen LogP contribution in [0.15, 0.2) is 53.6 Å². The van der Waals surface area contributed by atoms with Crippen LogP contribution in [0.5, 0.6) is 11.5 Å². The fraction of sp³-hybridized carbons (Fsp3) is 0.182. The molecule has 1 aliphatic rings. The Kier molecular flexibility index (Phi) is 5.60. The van der Waals surface area contributed by atoms with E-state index >= 15 is 0 Å². The van der Waals surface area contributed by atoms with Gasteiger partial charge in [0.15, 0.2) is 9.84 Å². The Morgan fingerprint density at radius 2 is 2.03 bits per heavy atom. The molecule has 3 aromatic rings. The first-order valence-electron chi connectivity index (χ1n) is 9.33. The number of phenolic OH excluding ortho intramolecular Hbond substituents is 1. The number of hydrogen-bond donors (Lipinski definition) is 1. The smallest absolute Gasteiger partial charge is 0.341 e. The summed E-state index contributed by atoms with van der Waals surface area (Å²) in [6, 6.07) is 11.1. The van der Waals surface area contributed by atoms with E-state index in [1.807, 2.05) is 18.2 Å². The van der Waals surface area contributed by atoms with E-state index in [4.69, 9.17) is 16.3 Å². The quantitative estimate of drug-likeness (QED) is 0.457. The zero-order valence-corrected chi connectivity index (χ0v) is 18.0. The minimum atomic E-state index is -3.80. The second kappa shape index (κ2) is 8.20. The Labute approximate surface area is 184 Å². The summed E-state index contributed by atoms with van der Waals surface area (Å²) in [7, 11) is -2.61. The van der Waals surface area contributed by atoms with Crippen molar-refractivity contribution in [2.75, 3.05) is 13.7 Å². The SMILES string of the molecule is COC(=O)c1ccc(CS(=O)(=O)c2cnc(Cl)c(-c3ccc4c(c3)CCO4)c2)cc1O. The first kappa shape index (κ1) is 21.1. The Hall–Kier alpha value is -3.10. The normalized spacial score (nSPS) is 12.8. The first-order chi connectivity index (χ1) is 14.8. The van der Waals surface area contributed by atoms with Crippen molar-refractivity contribution in [1.82, 2.24) is 4.98 Å². The minimum absolute atomic E-state index is 0.000169. The Morgan fingerprint density at radius 1 is 1.23 bits per heavy atom. The van der Waals surface area contributed by atoms with Crippen LogP contribution in [0.3, 0.4) is 0 Å². The van der Waals surface area contributed by atoms with E-state index in [9.17, 15) is 18.3 Å². The number of phenols is 1. The number of benzene rings is 2. The number of pyridine rings is 1. The molecular formula is C22H18ClNO6S. The third kappa shape index (κ3) is 4.22. The molecule has 0 amide bonds. The van der Waals surface area contributed by atoms with Crippen LogP contribution < -0.4 is 4.74 Å². The predicted molar refractivity (Wildman–Crippen MR) is 114 cm³/mol. The van der Waals surface area contributed by atoms with Gasteiger partial charge in [-0.05, 0) is 47.0 Å². The lowest BCUT2D eigenvalue weighted by Crippen LogP contribution is -2.07. The fourth-order valence-electron chi connectivity index (χ4n) is 3.41. The zero-order valence-electron chi connectivity index (χ0n) is 16.5. The number of carbonyl (C=O) groups is 1. The average molecular weight is 460 g/mol. The molecule has 0 fully saturated rings. The van der Waals surface area contributed by atoms with Gasteiger partial charge in [0.1, 0.15) is 22.2 Å². The Morgan fingerprint density at radius 3 is 2.77 bits per heavy atom. The molecule has 0 aliphatic carbocycles. The number of nitrogens with zero attached hydrogens (tertiary/aromatic N) is 1. The van der Waals surface area contributed by atoms with Gasteiger partial charge in [0.2, 0.25) is 0 Å². The van der Waals surface area contributed by atoms with E-state index in [0.29, 0.717) is 17.7 Å². The van der Waals surface area contributed by atoms with Gasteiger partial charge >= 0.3 is 5.97 Å². The number of rotatable bonds is 5. The molecule has 1 N–H and O–H groups in total. The highest BCUT2D eigenvalue weighted by Gasteiger charge is 2.21. The van der Waals surface area contributed by atoms with Crippen LogP contribution in [0.4, 0.5) is 0 Å². The van der Waals surface area contributed by atoms with Gasteiger partial charge < -0.3 is 14.6 Å². The molecule has 1 aliphatic heterocycles. The van der Waals surface area contributed by atoms with E-state index in [2.05, 4.69) is 9.72 Å². The summed E-state index contributed by atoms with van der Waals surface area (Å²) in [5.41, 5.74) is 2.55. The number of aromatic hydroxyl groups is 1. The fourth-order valence-corrected chi connectivity index (χ4v) is 4.92. The first-order valence-corrected chi connectivity index (χ1v) is 11.4. The molecule has 0 saturated carbocycles. The lowest BCUT2D eigenvalue weighted by molar-refractivity contribution is 0.0597. The molecule has 2 heterocycles. The average Bonchev–Trinajstić information content (AvgIpc) is 3.21. The van der Waals surface area contributed by atoms with Crippen LogP contribution in [0.2, 0.25) is 5.15 Å². The van der Waals surface area contributed by atoms with Crippen molar-refractivity contribution in [3.05, 3.63) is 70.5 Å². The molecule has 4 rings (SSSR count). The van der Waals surface area contributed by atoms with E-state index in [1.165, 1.54) is 37.6 Å². The van der Waals surface area contributed by atoms with Crippen LogP contribution in [0.25, 0.3) is 11.1 Å². The highest BCUT2D eigenvalue weighted by atomic mass is 35.5. The Bertz CT molecular complexity index is 1290. The molecule has 9 heteroatoms. The molecule has 160 valence electrons. The zero-order chi connectivity index (χ0) is 22.2. The number of halogens is 1. The molecule has 7 nitrogen and oxygen atoms in total. The largest absolute Gasteiger partial charge is 0.507 e. The number of aromatic nitrogens is 1. The van der Waals surface area contributed by atoms with E-state index in [-0.39, 0.29) is 27.1 Å². The van der Waals surface area contributed by atoms with Crippen molar-refractivity contribution in [3.8, 4) is 22.6 Å². The number of methoxy groups -OCH3 is 1. The highest BCUT2D eigenvalue weighted by molar-refractivity contribution is 7.90. The number of sulfone groups is 1. The molecule has 0 saturated heterocycles. The van der Waals surface area contributed by atoms with Gasteiger partial charge in [0, 0.05) is 18.2 Å². The number of carbonyl (C=O) groups excluding carboxylic acids is 1. The van der Waals surface area contributed by atoms with Gasteiger partial charge in [-0.1, -0.05) is 23.7 Å². The van der Waals surface area contributed by atoms with E-state index in [1.54, 1.807) is 0 Å². The summed E-state index contributed by atoms with van der Waals surface area (Å²) in [6.07, 6.45) is 1.98. The van der Waals surface area contributed by atoms with Crippen LogP contribution in [-0.4, -0.2) is 38.2 Å². The van der Waals surface area contributed by atoms with Crippen LogP contribution >= 0.6 is 11.6 Å². The predicted octanol–water partition coefficient (Wildman–Crippen LogP) is 3.80. The number of esters is 1. The highest BCUT2D eigenvalue weighted by Crippen LogP contribution is 2.34. The molecule has 31 heavy (non-hydrogen) atoms. The van der Waals surface area contributed by atoms with Crippen LogP contribution in [-0.2, 0) is 26.7 Å². The van der Waals surface area contributed by atoms with E-state index in [0.717, 1.165) is 23.3 Å². The molecule has 1 aromatic heterocycles. The molecule has 0 atom stereocenters. The van der Waals surface area contributed by atoms with Crippen molar-refractivity contribution >= 4 is 27.4 Å². The van der Waals surface area contributed by atoms with Gasteiger partial charge in [0.25, 0.3) is 0 Å². The summed E-state index contributed by atoms with van der Waals surface area (Å²) in [6.45, 7) is 0.612. The summed E-state index contributed by atoms with van der Waals surface area (Å²) < 4.78 is 36.1. The summed E-state index contributed by atoms with van der Waals surface area (Å²) in [5, 5.41) is 10.2. The summed E-state index contributed by atoms with van der Waals surface area (Å²) in [5.74, 6) is -0.636. The molecule has 0 bridgehead atoms. The van der Waals surface area contributed by atoms with Crippen molar-refractivity contribution in [3.63, 3.8) is 0 Å². The lowest BCUT2D eigenvalue weighted by atomic mass is 10.0.